The Balaban J connectivity index is 3.83. The highest BCUT2D eigenvalue weighted by atomic mass is 16.2. The molecule has 0 aromatic carbocycles. The van der Waals surface area contributed by atoms with E-state index in [4.69, 9.17) is 0 Å². The van der Waals surface area contributed by atoms with Gasteiger partial charge in [0.1, 0.15) is 0 Å². The van der Waals surface area contributed by atoms with Crippen molar-refractivity contribution < 1.29 is 4.79 Å². The number of hydrogen-bond donors (Lipinski definition) is 2. The first kappa shape index (κ1) is 18.0. The van der Waals surface area contributed by atoms with Crippen LogP contribution in [-0.2, 0) is 0 Å². The van der Waals surface area contributed by atoms with Gasteiger partial charge in [0.25, 0.3) is 0 Å². The summed E-state index contributed by atoms with van der Waals surface area (Å²) in [6, 6.07) is -0.122. The molecule has 0 saturated heterocycles. The van der Waals surface area contributed by atoms with Crippen LogP contribution in [0.15, 0.2) is 11.8 Å². The molecule has 0 spiro atoms. The molecule has 112 valence electrons. The van der Waals surface area contributed by atoms with Crippen molar-refractivity contribution in [2.24, 2.45) is 5.41 Å². The standard InChI is InChI=1S/C15H31N3O/c1-7-18(8-2)11-9-10-16-14(19)17-12-13(3)15(4,5)6/h12H,7-11H2,1-6H3,(H2,16,17,19)/b13-12+. The quantitative estimate of drug-likeness (QED) is 0.698. The lowest BCUT2D eigenvalue weighted by atomic mass is 9.88. The molecule has 0 fully saturated rings. The first-order chi connectivity index (χ1) is 8.81. The van der Waals surface area contributed by atoms with Gasteiger partial charge in [-0.05, 0) is 38.4 Å². The molecule has 0 aromatic rings. The molecule has 2 N–H and O–H groups in total. The zero-order valence-corrected chi connectivity index (χ0v) is 13.5. The number of rotatable bonds is 7. The Kier molecular flexibility index (Phi) is 8.48. The van der Waals surface area contributed by atoms with Crippen molar-refractivity contribution >= 4 is 6.03 Å². The Bertz CT molecular complexity index is 288. The number of nitrogens with one attached hydrogen (secondary N) is 2. The lowest BCUT2D eigenvalue weighted by Gasteiger charge is -2.19. The summed E-state index contributed by atoms with van der Waals surface area (Å²) in [4.78, 5) is 13.9. The van der Waals surface area contributed by atoms with Crippen molar-refractivity contribution in [3.05, 3.63) is 11.8 Å². The van der Waals surface area contributed by atoms with Gasteiger partial charge in [0.15, 0.2) is 0 Å². The molecular formula is C15H31N3O. The number of allylic oxidation sites excluding steroid dienone is 1. The molecule has 2 amide bonds. The Hall–Kier alpha value is -1.03. The fourth-order valence-corrected chi connectivity index (χ4v) is 1.49. The summed E-state index contributed by atoms with van der Waals surface area (Å²) >= 11 is 0. The maximum Gasteiger partial charge on any atom is 0.318 e. The molecule has 0 aliphatic carbocycles. The Morgan fingerprint density at radius 3 is 2.26 bits per heavy atom. The average Bonchev–Trinajstić information content (AvgIpc) is 2.35. The van der Waals surface area contributed by atoms with Gasteiger partial charge < -0.3 is 15.5 Å². The second-order valence-corrected chi connectivity index (χ2v) is 5.86. The van der Waals surface area contributed by atoms with Crippen LogP contribution in [0.25, 0.3) is 0 Å². The number of carbonyl (C=O) groups is 1. The first-order valence-corrected chi connectivity index (χ1v) is 7.25. The van der Waals surface area contributed by atoms with Gasteiger partial charge in [0, 0.05) is 12.7 Å². The van der Waals surface area contributed by atoms with Crippen LogP contribution in [0, 0.1) is 5.41 Å². The second kappa shape index (κ2) is 8.97. The molecule has 4 nitrogen and oxygen atoms in total. The molecule has 4 heteroatoms. The molecule has 0 saturated carbocycles. The van der Waals surface area contributed by atoms with E-state index in [0.29, 0.717) is 6.54 Å². The van der Waals surface area contributed by atoms with E-state index < -0.39 is 0 Å². The van der Waals surface area contributed by atoms with Crippen molar-refractivity contribution in [3.63, 3.8) is 0 Å². The lowest BCUT2D eigenvalue weighted by molar-refractivity contribution is 0.242. The van der Waals surface area contributed by atoms with Gasteiger partial charge in [-0.1, -0.05) is 40.2 Å². The fourth-order valence-electron chi connectivity index (χ4n) is 1.49. The molecule has 0 radical (unpaired) electrons. The molecule has 0 unspecified atom stereocenters. The lowest BCUT2D eigenvalue weighted by Crippen LogP contribution is -2.35. The van der Waals surface area contributed by atoms with Crippen LogP contribution in [-0.4, -0.2) is 37.1 Å². The van der Waals surface area contributed by atoms with Crippen molar-refractivity contribution in [1.29, 1.82) is 0 Å². The van der Waals surface area contributed by atoms with Crippen molar-refractivity contribution in [2.45, 2.75) is 48.0 Å². The van der Waals surface area contributed by atoms with Gasteiger partial charge in [-0.2, -0.15) is 0 Å². The van der Waals surface area contributed by atoms with Crippen molar-refractivity contribution in [1.82, 2.24) is 15.5 Å². The van der Waals surface area contributed by atoms with Crippen LogP contribution in [0.2, 0.25) is 0 Å². The number of nitrogens with zero attached hydrogens (tertiary/aromatic N) is 1. The smallest absolute Gasteiger partial charge is 0.318 e. The van der Waals surface area contributed by atoms with Crippen molar-refractivity contribution in [3.8, 4) is 0 Å². The molecule has 0 atom stereocenters. The molecule has 0 aliphatic rings. The van der Waals surface area contributed by atoms with Crippen LogP contribution >= 0.6 is 0 Å². The second-order valence-electron chi connectivity index (χ2n) is 5.86. The van der Waals surface area contributed by atoms with E-state index in [-0.39, 0.29) is 11.4 Å². The van der Waals surface area contributed by atoms with E-state index in [9.17, 15) is 4.79 Å². The highest BCUT2D eigenvalue weighted by Gasteiger charge is 2.12. The number of carbonyl (C=O) groups excluding carboxylic acids is 1. The molecule has 0 heterocycles. The third-order valence-corrected chi connectivity index (χ3v) is 3.43. The van der Waals surface area contributed by atoms with Crippen LogP contribution in [0.5, 0.6) is 0 Å². The van der Waals surface area contributed by atoms with E-state index >= 15 is 0 Å². The molecule has 0 aliphatic heterocycles. The van der Waals surface area contributed by atoms with Gasteiger partial charge >= 0.3 is 6.03 Å². The third-order valence-electron chi connectivity index (χ3n) is 3.43. The normalized spacial score (nSPS) is 12.7. The molecule has 0 bridgehead atoms. The van der Waals surface area contributed by atoms with Gasteiger partial charge in [-0.15, -0.1) is 0 Å². The van der Waals surface area contributed by atoms with E-state index in [1.165, 1.54) is 0 Å². The summed E-state index contributed by atoms with van der Waals surface area (Å²) in [5.41, 5.74) is 1.25. The molecular weight excluding hydrogens is 238 g/mol. The predicted molar refractivity (Wildman–Crippen MR) is 82.2 cm³/mol. The topological polar surface area (TPSA) is 44.4 Å². The SMILES string of the molecule is CCN(CC)CCCNC(=O)N/C=C(\C)C(C)(C)C. The van der Waals surface area contributed by atoms with Crippen LogP contribution in [0.1, 0.15) is 48.0 Å². The molecule has 19 heavy (non-hydrogen) atoms. The van der Waals surface area contributed by atoms with Gasteiger partial charge in [-0.25, -0.2) is 4.79 Å². The predicted octanol–water partition coefficient (Wildman–Crippen LogP) is 2.97. The highest BCUT2D eigenvalue weighted by molar-refractivity contribution is 5.74. The van der Waals surface area contributed by atoms with E-state index in [2.05, 4.69) is 50.2 Å². The summed E-state index contributed by atoms with van der Waals surface area (Å²) in [5.74, 6) is 0. The summed E-state index contributed by atoms with van der Waals surface area (Å²) in [7, 11) is 0. The minimum Gasteiger partial charge on any atom is -0.338 e. The van der Waals surface area contributed by atoms with E-state index in [1.807, 2.05) is 6.92 Å². The Morgan fingerprint density at radius 2 is 1.79 bits per heavy atom. The third kappa shape index (κ3) is 8.65. The average molecular weight is 269 g/mol. The van der Waals surface area contributed by atoms with E-state index in [1.54, 1.807) is 6.20 Å². The van der Waals surface area contributed by atoms with Crippen molar-refractivity contribution in [2.75, 3.05) is 26.2 Å². The van der Waals surface area contributed by atoms with Crippen LogP contribution in [0.4, 0.5) is 4.79 Å². The van der Waals surface area contributed by atoms with Gasteiger partial charge in [0.05, 0.1) is 0 Å². The minimum atomic E-state index is -0.122. The summed E-state index contributed by atoms with van der Waals surface area (Å²) < 4.78 is 0. The summed E-state index contributed by atoms with van der Waals surface area (Å²) in [5, 5.41) is 5.65. The number of amides is 2. The maximum atomic E-state index is 11.6. The highest BCUT2D eigenvalue weighted by Crippen LogP contribution is 2.23. The fraction of sp³-hybridized carbons (Fsp3) is 0.800. The van der Waals surface area contributed by atoms with E-state index in [0.717, 1.165) is 31.6 Å². The number of urea groups is 1. The molecule has 0 aromatic heterocycles. The van der Waals surface area contributed by atoms with Gasteiger partial charge in [0.2, 0.25) is 0 Å². The molecule has 0 rings (SSSR count). The Morgan fingerprint density at radius 1 is 1.21 bits per heavy atom. The number of hydrogen-bond acceptors (Lipinski definition) is 2. The largest absolute Gasteiger partial charge is 0.338 e. The summed E-state index contributed by atoms with van der Waals surface area (Å²) in [6.45, 7) is 16.6. The zero-order chi connectivity index (χ0) is 14.9. The minimum absolute atomic E-state index is 0.0933. The maximum absolute atomic E-state index is 11.6. The van der Waals surface area contributed by atoms with Crippen LogP contribution in [0.3, 0.4) is 0 Å². The van der Waals surface area contributed by atoms with Crippen LogP contribution < -0.4 is 10.6 Å². The van der Waals surface area contributed by atoms with Gasteiger partial charge in [-0.3, -0.25) is 0 Å². The monoisotopic (exact) mass is 269 g/mol. The first-order valence-electron chi connectivity index (χ1n) is 7.25. The zero-order valence-electron chi connectivity index (χ0n) is 13.5. The Labute approximate surface area is 118 Å². The summed E-state index contributed by atoms with van der Waals surface area (Å²) in [6.07, 6.45) is 2.77.